The molecule has 0 spiro atoms. The Morgan fingerprint density at radius 2 is 2.24 bits per heavy atom. The number of hydrogen-bond donors (Lipinski definition) is 1. The topological polar surface area (TPSA) is 24.9 Å². The molecule has 0 aliphatic carbocycles. The first kappa shape index (κ1) is 13.9. The van der Waals surface area contributed by atoms with Crippen LogP contribution in [0.1, 0.15) is 38.8 Å². The van der Waals surface area contributed by atoms with Crippen LogP contribution < -0.4 is 5.32 Å². The molecule has 0 radical (unpaired) electrons. The molecule has 0 bridgehead atoms. The Hall–Kier alpha value is -1.15. The Kier molecular flexibility index (Phi) is 6.56. The Bertz CT molecular complexity index is 319. The molecule has 1 N–H and O–H groups in total. The monoisotopic (exact) mass is 232 g/mol. The van der Waals surface area contributed by atoms with Gasteiger partial charge < -0.3 is 5.32 Å². The molecule has 0 aromatic carbocycles. The molecule has 0 aliphatic heterocycles. The van der Waals surface area contributed by atoms with E-state index >= 15 is 0 Å². The summed E-state index contributed by atoms with van der Waals surface area (Å²) in [5, 5.41) is 3.58. The molecule has 0 saturated carbocycles. The van der Waals surface area contributed by atoms with Gasteiger partial charge in [0.25, 0.3) is 0 Å². The van der Waals surface area contributed by atoms with Crippen molar-refractivity contribution in [1.82, 2.24) is 10.3 Å². The van der Waals surface area contributed by atoms with E-state index in [2.05, 4.69) is 36.8 Å². The molecule has 2 heteroatoms. The molecule has 1 aromatic heterocycles. The summed E-state index contributed by atoms with van der Waals surface area (Å²) in [7, 11) is 0. The minimum Gasteiger partial charge on any atom is -0.313 e. The van der Waals surface area contributed by atoms with Gasteiger partial charge >= 0.3 is 0 Å². The van der Waals surface area contributed by atoms with Crippen molar-refractivity contribution in [1.29, 1.82) is 0 Å². The number of rotatable bonds is 8. The fraction of sp³-hybridized carbons (Fsp3) is 0.533. The number of hydrogen-bond acceptors (Lipinski definition) is 2. The summed E-state index contributed by atoms with van der Waals surface area (Å²) in [4.78, 5) is 4.39. The van der Waals surface area contributed by atoms with Gasteiger partial charge in [-0.25, -0.2) is 0 Å². The van der Waals surface area contributed by atoms with Crippen LogP contribution in [0.3, 0.4) is 0 Å². The number of pyridine rings is 1. The van der Waals surface area contributed by atoms with Gasteiger partial charge in [-0.3, -0.25) is 4.98 Å². The third kappa shape index (κ3) is 5.64. The Morgan fingerprint density at radius 1 is 1.41 bits per heavy atom. The van der Waals surface area contributed by atoms with Crippen LogP contribution in [0.4, 0.5) is 0 Å². The molecule has 0 aliphatic rings. The van der Waals surface area contributed by atoms with Crippen molar-refractivity contribution in [3.63, 3.8) is 0 Å². The highest BCUT2D eigenvalue weighted by molar-refractivity contribution is 5.07. The standard InChI is InChI=1S/C15H24N2/c1-4-9-16-15(11-13(3)5-2)12-14-8-6-7-10-17-14/h6-8,10,15-16H,3-5,9,11-12H2,1-2H3. The van der Waals surface area contributed by atoms with Crippen LogP contribution in [0.15, 0.2) is 36.5 Å². The van der Waals surface area contributed by atoms with Crippen molar-refractivity contribution in [2.45, 2.75) is 45.6 Å². The summed E-state index contributed by atoms with van der Waals surface area (Å²) in [5.74, 6) is 0. The molecular formula is C15H24N2. The highest BCUT2D eigenvalue weighted by Crippen LogP contribution is 2.11. The molecule has 0 fully saturated rings. The highest BCUT2D eigenvalue weighted by atomic mass is 14.9. The fourth-order valence-electron chi connectivity index (χ4n) is 1.83. The van der Waals surface area contributed by atoms with Gasteiger partial charge in [-0.1, -0.05) is 32.1 Å². The van der Waals surface area contributed by atoms with E-state index in [1.807, 2.05) is 18.3 Å². The quantitative estimate of drug-likeness (QED) is 0.695. The molecule has 2 nitrogen and oxygen atoms in total. The highest BCUT2D eigenvalue weighted by Gasteiger charge is 2.10. The van der Waals surface area contributed by atoms with E-state index in [-0.39, 0.29) is 0 Å². The molecule has 1 atom stereocenters. The summed E-state index contributed by atoms with van der Waals surface area (Å²) in [5.41, 5.74) is 2.47. The van der Waals surface area contributed by atoms with Crippen LogP contribution in [-0.4, -0.2) is 17.6 Å². The zero-order valence-corrected chi connectivity index (χ0v) is 11.1. The van der Waals surface area contributed by atoms with Crippen molar-refractivity contribution < 1.29 is 0 Å². The molecular weight excluding hydrogens is 208 g/mol. The van der Waals surface area contributed by atoms with Gasteiger partial charge in [-0.2, -0.15) is 0 Å². The number of nitrogens with one attached hydrogen (secondary N) is 1. The Balaban J connectivity index is 2.53. The van der Waals surface area contributed by atoms with E-state index in [1.165, 1.54) is 5.57 Å². The van der Waals surface area contributed by atoms with Gasteiger partial charge in [0.05, 0.1) is 0 Å². The second-order valence-corrected chi connectivity index (χ2v) is 4.48. The first-order chi connectivity index (χ1) is 8.26. The lowest BCUT2D eigenvalue weighted by Crippen LogP contribution is -2.32. The lowest BCUT2D eigenvalue weighted by Gasteiger charge is -2.19. The van der Waals surface area contributed by atoms with Gasteiger partial charge in [0, 0.05) is 24.4 Å². The number of aromatic nitrogens is 1. The van der Waals surface area contributed by atoms with Crippen molar-refractivity contribution >= 4 is 0 Å². The number of nitrogens with zero attached hydrogens (tertiary/aromatic N) is 1. The third-order valence-electron chi connectivity index (χ3n) is 2.90. The summed E-state index contributed by atoms with van der Waals surface area (Å²) in [6.07, 6.45) is 6.12. The predicted molar refractivity (Wildman–Crippen MR) is 74.1 cm³/mol. The molecule has 0 amide bonds. The lowest BCUT2D eigenvalue weighted by molar-refractivity contribution is 0.496. The maximum absolute atomic E-state index is 4.39. The van der Waals surface area contributed by atoms with E-state index in [4.69, 9.17) is 0 Å². The van der Waals surface area contributed by atoms with E-state index in [9.17, 15) is 0 Å². The average Bonchev–Trinajstić information content (AvgIpc) is 2.37. The van der Waals surface area contributed by atoms with Gasteiger partial charge in [-0.15, -0.1) is 0 Å². The van der Waals surface area contributed by atoms with Crippen molar-refractivity contribution in [3.05, 3.63) is 42.2 Å². The molecule has 0 saturated heterocycles. The van der Waals surface area contributed by atoms with Crippen LogP contribution in [0, 0.1) is 0 Å². The van der Waals surface area contributed by atoms with Crippen LogP contribution in [0.25, 0.3) is 0 Å². The third-order valence-corrected chi connectivity index (χ3v) is 2.90. The fourth-order valence-corrected chi connectivity index (χ4v) is 1.83. The predicted octanol–water partition coefficient (Wildman–Crippen LogP) is 3.35. The molecule has 1 rings (SSSR count). The molecule has 1 unspecified atom stereocenters. The first-order valence-electron chi connectivity index (χ1n) is 6.56. The van der Waals surface area contributed by atoms with E-state index in [0.29, 0.717) is 6.04 Å². The van der Waals surface area contributed by atoms with Crippen molar-refractivity contribution in [2.75, 3.05) is 6.54 Å². The maximum Gasteiger partial charge on any atom is 0.0419 e. The summed E-state index contributed by atoms with van der Waals surface area (Å²) in [6, 6.07) is 6.57. The summed E-state index contributed by atoms with van der Waals surface area (Å²) in [6.45, 7) is 9.53. The van der Waals surface area contributed by atoms with Gasteiger partial charge in [-0.05, 0) is 37.9 Å². The van der Waals surface area contributed by atoms with Gasteiger partial charge in [0.15, 0.2) is 0 Å². The normalized spacial score (nSPS) is 12.4. The van der Waals surface area contributed by atoms with Crippen LogP contribution in [-0.2, 0) is 6.42 Å². The smallest absolute Gasteiger partial charge is 0.0419 e. The maximum atomic E-state index is 4.39. The summed E-state index contributed by atoms with van der Waals surface area (Å²) >= 11 is 0. The second-order valence-electron chi connectivity index (χ2n) is 4.48. The van der Waals surface area contributed by atoms with Crippen LogP contribution in [0.5, 0.6) is 0 Å². The van der Waals surface area contributed by atoms with Crippen molar-refractivity contribution in [3.8, 4) is 0 Å². The molecule has 94 valence electrons. The first-order valence-corrected chi connectivity index (χ1v) is 6.56. The van der Waals surface area contributed by atoms with Crippen LogP contribution in [0.2, 0.25) is 0 Å². The van der Waals surface area contributed by atoms with Gasteiger partial charge in [0.1, 0.15) is 0 Å². The van der Waals surface area contributed by atoms with Crippen molar-refractivity contribution in [2.24, 2.45) is 0 Å². The second kappa shape index (κ2) is 8.02. The lowest BCUT2D eigenvalue weighted by atomic mass is 10.0. The van der Waals surface area contributed by atoms with Crippen LogP contribution >= 0.6 is 0 Å². The summed E-state index contributed by atoms with van der Waals surface area (Å²) < 4.78 is 0. The molecule has 17 heavy (non-hydrogen) atoms. The largest absolute Gasteiger partial charge is 0.313 e. The minimum atomic E-state index is 0.470. The van der Waals surface area contributed by atoms with E-state index in [1.54, 1.807) is 0 Å². The Labute approximate surface area is 105 Å². The zero-order chi connectivity index (χ0) is 12.5. The average molecular weight is 232 g/mol. The van der Waals surface area contributed by atoms with E-state index < -0.39 is 0 Å². The zero-order valence-electron chi connectivity index (χ0n) is 11.1. The molecule has 1 heterocycles. The molecule has 1 aromatic rings. The van der Waals surface area contributed by atoms with E-state index in [0.717, 1.165) is 37.9 Å². The Morgan fingerprint density at radius 3 is 2.82 bits per heavy atom. The minimum absolute atomic E-state index is 0.470. The SMILES string of the molecule is C=C(CC)CC(Cc1ccccn1)NCCC. The van der Waals surface area contributed by atoms with Gasteiger partial charge in [0.2, 0.25) is 0 Å².